The van der Waals surface area contributed by atoms with Crippen molar-refractivity contribution in [1.29, 1.82) is 0 Å². The Hall–Kier alpha value is -4.88. The SMILES string of the molecule is C/C(=C\c1ccccc1)c1ccccc1.CC(=Nc1c(C(C)C)cccc1C(C)C)C(C)=Nc1c(C(C)C)cccc1C(C)C.CC(Cc1ccccc1)c1ccccc1.[CH2-]C.[CH2-][Si](C)(C)C.[Co+2]. The van der Waals surface area contributed by atoms with Gasteiger partial charge in [0.05, 0.1) is 22.8 Å². The number of para-hydroxylation sites is 2. The van der Waals surface area contributed by atoms with E-state index in [-0.39, 0.29) is 16.8 Å². The molecule has 0 aliphatic rings. The van der Waals surface area contributed by atoms with Crippen LogP contribution in [0.4, 0.5) is 11.4 Å². The molecule has 0 amide bonds. The zero-order valence-corrected chi connectivity index (χ0v) is 46.9. The first-order valence-electron chi connectivity index (χ1n) is 24.6. The monoisotopic (exact) mass is 970 g/mol. The second-order valence-electron chi connectivity index (χ2n) is 19.7. The molecule has 0 N–H and O–H groups in total. The molecule has 0 aliphatic carbocycles. The molecule has 6 aromatic carbocycles. The molecule has 0 saturated carbocycles. The summed E-state index contributed by atoms with van der Waals surface area (Å²) in [4.78, 5) is 10.3. The van der Waals surface area contributed by atoms with Crippen molar-refractivity contribution in [3.8, 4) is 0 Å². The second-order valence-corrected chi connectivity index (χ2v) is 24.9. The van der Waals surface area contributed by atoms with Crippen LogP contribution in [0.1, 0.15) is 164 Å². The summed E-state index contributed by atoms with van der Waals surface area (Å²) in [5, 5.41) is 0. The maximum atomic E-state index is 5.13. The number of hydrogen-bond acceptors (Lipinski definition) is 2. The van der Waals surface area contributed by atoms with E-state index >= 15 is 0 Å². The minimum absolute atomic E-state index is 0. The van der Waals surface area contributed by atoms with Crippen LogP contribution in [0.5, 0.6) is 0 Å². The summed E-state index contributed by atoms with van der Waals surface area (Å²) in [6, 6.07) is 55.3. The molecule has 0 saturated heterocycles. The van der Waals surface area contributed by atoms with Crippen LogP contribution >= 0.6 is 0 Å². The van der Waals surface area contributed by atoms with Gasteiger partial charge < -0.3 is 13.5 Å². The van der Waals surface area contributed by atoms with Crippen molar-refractivity contribution in [2.24, 2.45) is 9.98 Å². The predicted octanol–water partition coefficient (Wildman–Crippen LogP) is 19.9. The summed E-state index contributed by atoms with van der Waals surface area (Å²) < 4.78 is 0. The van der Waals surface area contributed by atoms with Gasteiger partial charge in [-0.25, -0.2) is 0 Å². The van der Waals surface area contributed by atoms with E-state index in [0.717, 1.165) is 29.2 Å². The van der Waals surface area contributed by atoms with E-state index in [4.69, 9.17) is 9.98 Å². The fraction of sp³-hybridized carbons (Fsp3) is 0.344. The van der Waals surface area contributed by atoms with Gasteiger partial charge in [0.25, 0.3) is 0 Å². The van der Waals surface area contributed by atoms with Gasteiger partial charge in [0, 0.05) is 0 Å². The van der Waals surface area contributed by atoms with Crippen molar-refractivity contribution in [3.05, 3.63) is 216 Å². The van der Waals surface area contributed by atoms with Crippen LogP contribution in [0.25, 0.3) is 11.6 Å². The minimum atomic E-state index is -0.861. The van der Waals surface area contributed by atoms with Crippen molar-refractivity contribution in [2.75, 3.05) is 0 Å². The van der Waals surface area contributed by atoms with Gasteiger partial charge in [-0.05, 0) is 107 Å². The van der Waals surface area contributed by atoms with Gasteiger partial charge in [-0.15, -0.1) is 8.07 Å². The molecule has 6 aromatic rings. The molecular formula is C64H86CoN2Si. The Morgan fingerprint density at radius 2 is 0.779 bits per heavy atom. The number of hydrogen-bond donors (Lipinski definition) is 0. The van der Waals surface area contributed by atoms with E-state index in [9.17, 15) is 0 Å². The van der Waals surface area contributed by atoms with Crippen LogP contribution in [-0.4, -0.2) is 19.5 Å². The van der Waals surface area contributed by atoms with Crippen molar-refractivity contribution < 1.29 is 16.8 Å². The molecule has 0 fully saturated rings. The molecular weight excluding hydrogens is 884 g/mol. The van der Waals surface area contributed by atoms with E-state index in [1.807, 2.05) is 12.1 Å². The molecule has 68 heavy (non-hydrogen) atoms. The molecule has 6 rings (SSSR count). The molecule has 1 unspecified atom stereocenters. The predicted molar refractivity (Wildman–Crippen MR) is 306 cm³/mol. The van der Waals surface area contributed by atoms with Crippen molar-refractivity contribution in [2.45, 2.75) is 146 Å². The van der Waals surface area contributed by atoms with Gasteiger partial charge >= 0.3 is 16.8 Å². The second kappa shape index (κ2) is 32.0. The van der Waals surface area contributed by atoms with Gasteiger partial charge in [0.2, 0.25) is 0 Å². The largest absolute Gasteiger partial charge is 2.00 e. The zero-order valence-electron chi connectivity index (χ0n) is 44.8. The third-order valence-corrected chi connectivity index (χ3v) is 10.9. The maximum absolute atomic E-state index is 5.13. The summed E-state index contributed by atoms with van der Waals surface area (Å²) in [6.45, 7) is 42.1. The van der Waals surface area contributed by atoms with Gasteiger partial charge in [-0.3, -0.25) is 9.98 Å². The molecule has 2 nitrogen and oxygen atoms in total. The Bertz CT molecular complexity index is 2230. The first-order chi connectivity index (χ1) is 31.8. The summed E-state index contributed by atoms with van der Waals surface area (Å²) in [6.07, 6.45) is 3.32. The average Bonchev–Trinajstić information content (AvgIpc) is 3.30. The zero-order chi connectivity index (χ0) is 50.1. The summed E-state index contributed by atoms with van der Waals surface area (Å²) in [5.74, 6) is 2.32. The molecule has 1 radical (unpaired) electrons. The fourth-order valence-electron chi connectivity index (χ4n) is 7.23. The number of aliphatic imine (C=N–C) groups is 2. The Labute approximate surface area is 428 Å². The van der Waals surface area contributed by atoms with Crippen LogP contribution in [0.3, 0.4) is 0 Å². The van der Waals surface area contributed by atoms with Gasteiger partial charge in [-0.1, -0.05) is 246 Å². The van der Waals surface area contributed by atoms with E-state index in [2.05, 4.69) is 268 Å². The van der Waals surface area contributed by atoms with Crippen molar-refractivity contribution in [3.63, 3.8) is 0 Å². The fourth-order valence-corrected chi connectivity index (χ4v) is 7.23. The molecule has 0 aliphatic heterocycles. The first kappa shape index (κ1) is 61.1. The van der Waals surface area contributed by atoms with E-state index in [1.165, 1.54) is 50.1 Å². The topological polar surface area (TPSA) is 24.7 Å². The molecule has 1 atom stereocenters. The van der Waals surface area contributed by atoms with Gasteiger partial charge in [0.1, 0.15) is 0 Å². The molecule has 0 heterocycles. The standard InChI is InChI=1S/C28H40N2.C15H16.C15H14.C4H11Si.C2H5.Co/c1-17(2)23-13-11-14-24(18(3)4)27(23)29-21(9)22(10)30-28-25(19(5)6)15-12-16-26(28)20(7)8;2*1-13(15-10-6-3-7-11-15)12-14-8-4-2-5-9-14;1-5(2,3)4;1-2;/h11-20H,1-10H3;2-11,13H,12H2,1H3;2-12H,1H3;1H2,2-4H3;1H2,2H3;/q;;;2*-1;+2/b;;13-12+;;;. The van der Waals surface area contributed by atoms with Crippen LogP contribution in [0, 0.1) is 13.5 Å². The van der Waals surface area contributed by atoms with Crippen LogP contribution in [-0.2, 0) is 23.2 Å². The van der Waals surface area contributed by atoms with Crippen LogP contribution < -0.4 is 0 Å². The summed E-state index contributed by atoms with van der Waals surface area (Å²) in [7, 11) is -0.861. The third-order valence-electron chi connectivity index (χ3n) is 10.9. The summed E-state index contributed by atoms with van der Waals surface area (Å²) >= 11 is 0. The average molecular weight is 970 g/mol. The van der Waals surface area contributed by atoms with Gasteiger partial charge in [-0.2, -0.15) is 6.92 Å². The summed E-state index contributed by atoms with van der Waals surface area (Å²) in [5.41, 5.74) is 16.1. The molecule has 0 bridgehead atoms. The third kappa shape index (κ3) is 22.5. The molecule has 0 spiro atoms. The molecule has 365 valence electrons. The Morgan fingerprint density at radius 3 is 1.12 bits per heavy atom. The first-order valence-corrected chi connectivity index (χ1v) is 28.3. The number of benzene rings is 6. The molecule has 0 aromatic heterocycles. The quantitative estimate of drug-likeness (QED) is 0.0505. The Balaban J connectivity index is 0.000000509. The van der Waals surface area contributed by atoms with E-state index < -0.39 is 8.07 Å². The number of nitrogens with zero attached hydrogens (tertiary/aromatic N) is 2. The minimum Gasteiger partial charge on any atom is -0.346 e. The van der Waals surface area contributed by atoms with Crippen molar-refractivity contribution in [1.82, 2.24) is 0 Å². The Kier molecular flexibility index (Phi) is 28.8. The van der Waals surface area contributed by atoms with E-state index in [0.29, 0.717) is 29.6 Å². The smallest absolute Gasteiger partial charge is 0.346 e. The van der Waals surface area contributed by atoms with Crippen molar-refractivity contribution >= 4 is 42.5 Å². The van der Waals surface area contributed by atoms with Gasteiger partial charge in [0.15, 0.2) is 0 Å². The van der Waals surface area contributed by atoms with Crippen LogP contribution in [0.2, 0.25) is 19.6 Å². The maximum Gasteiger partial charge on any atom is 2.00 e. The number of rotatable bonds is 12. The van der Waals surface area contributed by atoms with Crippen LogP contribution in [0.15, 0.2) is 168 Å². The normalized spacial score (nSPS) is 12.1. The van der Waals surface area contributed by atoms with E-state index in [1.54, 1.807) is 6.92 Å². The number of allylic oxidation sites excluding steroid dienone is 1. The molecule has 4 heteroatoms. The Morgan fingerprint density at radius 1 is 0.471 bits per heavy atom.